The molecule has 0 atom stereocenters. The minimum Gasteiger partial charge on any atom is -0.497 e. The van der Waals surface area contributed by atoms with Crippen LogP contribution in [0.25, 0.3) is 10.4 Å². The van der Waals surface area contributed by atoms with Gasteiger partial charge in [0, 0.05) is 5.38 Å². The van der Waals surface area contributed by atoms with Crippen LogP contribution < -0.4 is 10.1 Å². The average Bonchev–Trinajstić information content (AvgIpc) is 3.26. The molecule has 2 aromatic carbocycles. The van der Waals surface area contributed by atoms with Gasteiger partial charge in [-0.3, -0.25) is 4.79 Å². The number of halogens is 2. The molecule has 0 unspecified atom stereocenters. The predicted octanol–water partition coefficient (Wildman–Crippen LogP) is 8.22. The summed E-state index contributed by atoms with van der Waals surface area (Å²) < 4.78 is 5.09. The predicted molar refractivity (Wildman–Crippen MR) is 144 cm³/mol. The molecule has 5 nitrogen and oxygen atoms in total. The fourth-order valence-corrected chi connectivity index (χ4v) is 3.92. The van der Waals surface area contributed by atoms with Crippen molar-refractivity contribution in [2.45, 2.75) is 34.1 Å². The molecule has 1 amide bonds. The van der Waals surface area contributed by atoms with Crippen molar-refractivity contribution < 1.29 is 19.4 Å². The minimum absolute atomic E-state index is 0.0199. The van der Waals surface area contributed by atoms with Gasteiger partial charge < -0.3 is 15.2 Å². The largest absolute Gasteiger partial charge is 0.497 e. The summed E-state index contributed by atoms with van der Waals surface area (Å²) in [6.07, 6.45) is 4.11. The van der Waals surface area contributed by atoms with Crippen LogP contribution in [0.1, 0.15) is 43.6 Å². The second-order valence-electron chi connectivity index (χ2n) is 6.53. The molecule has 3 rings (SSSR count). The molecule has 182 valence electrons. The van der Waals surface area contributed by atoms with Crippen LogP contribution in [0.4, 0.5) is 5.69 Å². The maximum Gasteiger partial charge on any atom is 0.339 e. The number of carbonyl (C=O) groups is 2. The monoisotopic (exact) mass is 521 g/mol. The number of allylic oxidation sites excluding steroid dienone is 2. The number of hydrogen-bond acceptors (Lipinski definition) is 4. The Morgan fingerprint density at radius 3 is 2.15 bits per heavy atom. The van der Waals surface area contributed by atoms with E-state index >= 15 is 0 Å². The summed E-state index contributed by atoms with van der Waals surface area (Å²) in [6.45, 7) is 8.00. The van der Waals surface area contributed by atoms with Crippen molar-refractivity contribution in [3.63, 3.8) is 0 Å². The van der Waals surface area contributed by atoms with Crippen molar-refractivity contribution in [2.75, 3.05) is 12.4 Å². The lowest BCUT2D eigenvalue weighted by Gasteiger charge is -2.07. The Morgan fingerprint density at radius 1 is 1.03 bits per heavy atom. The number of hydrogen-bond donors (Lipinski definition) is 2. The zero-order chi connectivity index (χ0) is 25.7. The molecule has 0 aliphatic heterocycles. The highest BCUT2D eigenvalue weighted by Gasteiger charge is 2.21. The summed E-state index contributed by atoms with van der Waals surface area (Å²) in [7, 11) is 1.57. The summed E-state index contributed by atoms with van der Waals surface area (Å²) in [5.41, 5.74) is 1.67. The van der Waals surface area contributed by atoms with Gasteiger partial charge in [0.05, 0.1) is 34.1 Å². The molecule has 0 saturated carbocycles. The van der Waals surface area contributed by atoms with Gasteiger partial charge in [-0.05, 0) is 49.2 Å². The van der Waals surface area contributed by atoms with Gasteiger partial charge >= 0.3 is 5.97 Å². The lowest BCUT2D eigenvalue weighted by Crippen LogP contribution is -2.16. The van der Waals surface area contributed by atoms with Gasteiger partial charge in [0.25, 0.3) is 0 Å². The second-order valence-corrected chi connectivity index (χ2v) is 8.22. The number of rotatable bonds is 6. The normalized spacial score (nSPS) is 9.97. The molecule has 1 aromatic heterocycles. The zero-order valence-electron chi connectivity index (χ0n) is 19.8. The zero-order valence-corrected chi connectivity index (χ0v) is 22.1. The van der Waals surface area contributed by atoms with E-state index in [4.69, 9.17) is 27.9 Å². The summed E-state index contributed by atoms with van der Waals surface area (Å²) in [4.78, 5) is 24.7. The molecule has 3 aromatic rings. The smallest absolute Gasteiger partial charge is 0.339 e. The van der Waals surface area contributed by atoms with Crippen LogP contribution in [-0.2, 0) is 11.2 Å². The van der Waals surface area contributed by atoms with E-state index in [2.05, 4.69) is 5.32 Å². The van der Waals surface area contributed by atoms with Crippen molar-refractivity contribution in [3.05, 3.63) is 81.2 Å². The molecule has 34 heavy (non-hydrogen) atoms. The van der Waals surface area contributed by atoms with Gasteiger partial charge in [-0.25, -0.2) is 4.79 Å². The third-order valence-electron chi connectivity index (χ3n) is 4.32. The molecule has 2 N–H and O–H groups in total. The number of ether oxygens (including phenoxy) is 1. The molecular weight excluding hydrogens is 493 g/mol. The molecule has 0 aliphatic rings. The third-order valence-corrected chi connectivity index (χ3v) is 6.09. The maximum absolute atomic E-state index is 12.4. The molecule has 8 heteroatoms. The SMILES string of the molecule is C/C=C\C.CC.COc1ccc(CC(=O)Nc2csc(-c3ccc(Cl)c(Cl)c3)c2C(=O)O)cc1. The average molecular weight is 522 g/mol. The molecule has 0 aliphatic carbocycles. The van der Waals surface area contributed by atoms with Crippen LogP contribution in [0, 0.1) is 0 Å². The minimum atomic E-state index is -1.14. The highest BCUT2D eigenvalue weighted by Crippen LogP contribution is 2.38. The Morgan fingerprint density at radius 2 is 1.65 bits per heavy atom. The van der Waals surface area contributed by atoms with Crippen molar-refractivity contribution in [1.82, 2.24) is 0 Å². The number of carboxylic acids is 1. The van der Waals surface area contributed by atoms with E-state index in [1.54, 1.807) is 55.0 Å². The van der Waals surface area contributed by atoms with Gasteiger partial charge in [-0.2, -0.15) is 0 Å². The standard InChI is InChI=1S/C20H15Cl2NO4S.C4H8.C2H6/c1-27-13-5-2-11(3-6-13)8-17(24)23-16-10-28-19(18(16)20(25)26)12-4-7-14(21)15(22)9-12;1-3-4-2;1-2/h2-7,9-10H,8H2,1H3,(H,23,24)(H,25,26);3-4H,1-2H3;1-2H3/b;4-3-;. The topological polar surface area (TPSA) is 75.6 Å². The Bertz CT molecular complexity index is 1100. The Balaban J connectivity index is 0.000000872. The van der Waals surface area contributed by atoms with E-state index in [1.165, 1.54) is 11.3 Å². The van der Waals surface area contributed by atoms with Gasteiger partial charge in [-0.1, -0.05) is 67.4 Å². The highest BCUT2D eigenvalue weighted by atomic mass is 35.5. The van der Waals surface area contributed by atoms with Crippen molar-refractivity contribution in [2.24, 2.45) is 0 Å². The maximum atomic E-state index is 12.4. The van der Waals surface area contributed by atoms with E-state index < -0.39 is 5.97 Å². The second kappa shape index (κ2) is 15.2. The first-order valence-corrected chi connectivity index (χ1v) is 12.2. The Labute approximate surface area is 215 Å². The first-order chi connectivity index (χ1) is 16.3. The number of amides is 1. The van der Waals surface area contributed by atoms with Crippen LogP contribution in [0.5, 0.6) is 5.75 Å². The van der Waals surface area contributed by atoms with E-state index in [-0.39, 0.29) is 23.6 Å². The number of methoxy groups -OCH3 is 1. The Hall–Kier alpha value is -2.80. The van der Waals surface area contributed by atoms with Gasteiger partial charge in [0.1, 0.15) is 11.3 Å². The van der Waals surface area contributed by atoms with E-state index in [1.807, 2.05) is 39.8 Å². The van der Waals surface area contributed by atoms with Gasteiger partial charge in [0.2, 0.25) is 5.91 Å². The van der Waals surface area contributed by atoms with Gasteiger partial charge in [-0.15, -0.1) is 11.3 Å². The summed E-state index contributed by atoms with van der Waals surface area (Å²) in [5, 5.41) is 14.7. The van der Waals surface area contributed by atoms with Crippen LogP contribution in [0.3, 0.4) is 0 Å². The lowest BCUT2D eigenvalue weighted by molar-refractivity contribution is -0.115. The van der Waals surface area contributed by atoms with Crippen molar-refractivity contribution in [1.29, 1.82) is 0 Å². The lowest BCUT2D eigenvalue weighted by atomic mass is 10.1. The summed E-state index contributed by atoms with van der Waals surface area (Å²) >= 11 is 13.2. The van der Waals surface area contributed by atoms with Crippen molar-refractivity contribution in [3.8, 4) is 16.2 Å². The van der Waals surface area contributed by atoms with Crippen LogP contribution in [0.2, 0.25) is 10.0 Å². The van der Waals surface area contributed by atoms with Gasteiger partial charge in [0.15, 0.2) is 0 Å². The number of thiophene rings is 1. The quantitative estimate of drug-likeness (QED) is 0.320. The third kappa shape index (κ3) is 8.52. The van der Waals surface area contributed by atoms with E-state index in [0.717, 1.165) is 5.56 Å². The fourth-order valence-electron chi connectivity index (χ4n) is 2.64. The number of carbonyl (C=O) groups excluding carboxylic acids is 1. The molecule has 1 heterocycles. The number of aromatic carboxylic acids is 1. The summed E-state index contributed by atoms with van der Waals surface area (Å²) in [6, 6.07) is 12.0. The highest BCUT2D eigenvalue weighted by molar-refractivity contribution is 7.14. The first-order valence-electron chi connectivity index (χ1n) is 10.6. The molecule has 0 radical (unpaired) electrons. The van der Waals surface area contributed by atoms with E-state index in [0.29, 0.717) is 26.2 Å². The van der Waals surface area contributed by atoms with Crippen LogP contribution in [-0.4, -0.2) is 24.1 Å². The fraction of sp³-hybridized carbons (Fsp3) is 0.231. The molecule has 0 saturated heterocycles. The summed E-state index contributed by atoms with van der Waals surface area (Å²) in [5.74, 6) is -0.755. The number of anilines is 1. The molecule has 0 fully saturated rings. The molecule has 0 spiro atoms. The van der Waals surface area contributed by atoms with Crippen LogP contribution in [0.15, 0.2) is 60.0 Å². The Kier molecular flexibility index (Phi) is 13.0. The van der Waals surface area contributed by atoms with Crippen LogP contribution >= 0.6 is 34.5 Å². The van der Waals surface area contributed by atoms with Crippen molar-refractivity contribution >= 4 is 52.1 Å². The first kappa shape index (κ1) is 29.2. The number of nitrogens with one attached hydrogen (secondary N) is 1. The molecular formula is C26H29Cl2NO4S. The van der Waals surface area contributed by atoms with E-state index in [9.17, 15) is 14.7 Å². The number of benzene rings is 2. The molecule has 0 bridgehead atoms. The number of carboxylic acid groups (broad SMARTS) is 1.